The fourth-order valence-corrected chi connectivity index (χ4v) is 6.18. The van der Waals surface area contributed by atoms with Crippen molar-refractivity contribution in [2.75, 3.05) is 5.32 Å². The highest BCUT2D eigenvalue weighted by molar-refractivity contribution is 7.99. The standard InChI is InChI=1S/C37H32N2S/c1-27(33-23-22-32-26-35(33)34-20-8-9-21-36(34)40-32)13-10-11-24-38-31-19-12-16-29(25-31)37(28-14-4-2-5-15-28)39-30-17-6-3-7-18-30/h2-6,8-17,19-26,37-39H,1,7,18H2/b13-10-,24-11-. The van der Waals surface area contributed by atoms with E-state index in [1.54, 1.807) is 0 Å². The van der Waals surface area contributed by atoms with Gasteiger partial charge in [0.15, 0.2) is 0 Å². The zero-order valence-electron chi connectivity index (χ0n) is 22.4. The monoisotopic (exact) mass is 536 g/mol. The van der Waals surface area contributed by atoms with Gasteiger partial charge in [-0.05, 0) is 88.7 Å². The number of benzene rings is 4. The Kier molecular flexibility index (Phi) is 7.83. The first-order chi connectivity index (χ1) is 19.7. The van der Waals surface area contributed by atoms with Crippen LogP contribution in [0.25, 0.3) is 16.7 Å². The molecule has 3 heteroatoms. The third-order valence-electron chi connectivity index (χ3n) is 7.19. The van der Waals surface area contributed by atoms with Crippen LogP contribution in [0.3, 0.4) is 0 Å². The second-order valence-electron chi connectivity index (χ2n) is 9.97. The molecule has 2 N–H and O–H groups in total. The minimum atomic E-state index is 0.0869. The van der Waals surface area contributed by atoms with Crippen LogP contribution < -0.4 is 10.6 Å². The van der Waals surface area contributed by atoms with Gasteiger partial charge in [0.2, 0.25) is 0 Å². The SMILES string of the molecule is C=C(/C=C\C=C/Nc1cccc(C(NC2=CC=CCC2)c2ccccc2)c1)c1ccc2cc1-c1ccccc1S2. The van der Waals surface area contributed by atoms with Gasteiger partial charge >= 0.3 is 0 Å². The molecule has 1 aliphatic heterocycles. The van der Waals surface area contributed by atoms with E-state index in [2.05, 4.69) is 139 Å². The second kappa shape index (κ2) is 12.1. The maximum atomic E-state index is 4.36. The fraction of sp³-hybridized carbons (Fsp3) is 0.0811. The molecule has 0 saturated heterocycles. The van der Waals surface area contributed by atoms with E-state index >= 15 is 0 Å². The molecular formula is C37H32N2S. The lowest BCUT2D eigenvalue weighted by molar-refractivity contribution is 0.658. The summed E-state index contributed by atoms with van der Waals surface area (Å²) in [6, 6.07) is 34.6. The van der Waals surface area contributed by atoms with Crippen molar-refractivity contribution in [1.29, 1.82) is 0 Å². The van der Waals surface area contributed by atoms with Gasteiger partial charge in [0.25, 0.3) is 0 Å². The zero-order chi connectivity index (χ0) is 27.1. The molecule has 196 valence electrons. The molecule has 1 aliphatic carbocycles. The zero-order valence-corrected chi connectivity index (χ0v) is 23.2. The first-order valence-corrected chi connectivity index (χ1v) is 14.5. The molecular weight excluding hydrogens is 504 g/mol. The van der Waals surface area contributed by atoms with Gasteiger partial charge in [-0.3, -0.25) is 0 Å². The van der Waals surface area contributed by atoms with Crippen LogP contribution in [0.5, 0.6) is 0 Å². The van der Waals surface area contributed by atoms with E-state index in [-0.39, 0.29) is 6.04 Å². The Hall–Kier alpha value is -4.47. The summed E-state index contributed by atoms with van der Waals surface area (Å²) >= 11 is 1.82. The van der Waals surface area contributed by atoms with E-state index in [0.29, 0.717) is 0 Å². The largest absolute Gasteiger partial charge is 0.377 e. The summed E-state index contributed by atoms with van der Waals surface area (Å²) in [4.78, 5) is 2.58. The van der Waals surface area contributed by atoms with Crippen LogP contribution in [0.15, 0.2) is 162 Å². The van der Waals surface area contributed by atoms with Crippen LogP contribution in [0.1, 0.15) is 35.6 Å². The molecule has 4 aromatic rings. The smallest absolute Gasteiger partial charge is 0.0765 e. The molecule has 0 amide bonds. The molecule has 1 atom stereocenters. The molecule has 2 bridgehead atoms. The molecule has 0 aromatic heterocycles. The van der Waals surface area contributed by atoms with Crippen molar-refractivity contribution in [3.8, 4) is 11.1 Å². The maximum absolute atomic E-state index is 4.36. The van der Waals surface area contributed by atoms with Crippen molar-refractivity contribution in [2.24, 2.45) is 0 Å². The third-order valence-corrected chi connectivity index (χ3v) is 8.26. The Balaban J connectivity index is 1.14. The molecule has 6 rings (SSSR count). The summed E-state index contributed by atoms with van der Waals surface area (Å²) in [6.07, 6.45) is 16.8. The number of hydrogen-bond donors (Lipinski definition) is 2. The average Bonchev–Trinajstić information content (AvgIpc) is 3.01. The molecule has 0 spiro atoms. The summed E-state index contributed by atoms with van der Waals surface area (Å²) in [5, 5.41) is 7.23. The molecule has 1 unspecified atom stereocenters. The van der Waals surface area contributed by atoms with Crippen molar-refractivity contribution in [1.82, 2.24) is 5.32 Å². The molecule has 0 radical (unpaired) electrons. The van der Waals surface area contributed by atoms with Crippen LogP contribution in [-0.4, -0.2) is 0 Å². The van der Waals surface area contributed by atoms with Crippen molar-refractivity contribution < 1.29 is 0 Å². The topological polar surface area (TPSA) is 24.1 Å². The maximum Gasteiger partial charge on any atom is 0.0765 e. The van der Waals surface area contributed by atoms with Gasteiger partial charge in [0, 0.05) is 27.4 Å². The Morgan fingerprint density at radius 3 is 2.55 bits per heavy atom. The second-order valence-corrected chi connectivity index (χ2v) is 11.1. The predicted octanol–water partition coefficient (Wildman–Crippen LogP) is 9.93. The van der Waals surface area contributed by atoms with Crippen LogP contribution in [0, 0.1) is 0 Å². The Labute approximate surface area is 241 Å². The first-order valence-electron chi connectivity index (χ1n) is 13.7. The van der Waals surface area contributed by atoms with Gasteiger partial charge in [-0.15, -0.1) is 0 Å². The minimum Gasteiger partial charge on any atom is -0.377 e. The quantitative estimate of drug-likeness (QED) is 0.183. The van der Waals surface area contributed by atoms with Crippen molar-refractivity contribution in [2.45, 2.75) is 28.7 Å². The summed E-state index contributed by atoms with van der Waals surface area (Å²) in [5.74, 6) is 0. The van der Waals surface area contributed by atoms with E-state index in [4.69, 9.17) is 0 Å². The van der Waals surface area contributed by atoms with Crippen LogP contribution in [0.2, 0.25) is 0 Å². The third kappa shape index (κ3) is 5.90. The summed E-state index contributed by atoms with van der Waals surface area (Å²) in [7, 11) is 0. The van der Waals surface area contributed by atoms with Crippen molar-refractivity contribution in [3.05, 3.63) is 169 Å². The Morgan fingerprint density at radius 1 is 0.825 bits per heavy atom. The molecule has 4 aromatic carbocycles. The molecule has 0 saturated carbocycles. The van der Waals surface area contributed by atoms with E-state index in [9.17, 15) is 0 Å². The summed E-state index contributed by atoms with van der Waals surface area (Å²) < 4.78 is 0. The van der Waals surface area contributed by atoms with E-state index in [1.165, 1.54) is 43.3 Å². The van der Waals surface area contributed by atoms with Gasteiger partial charge in [-0.2, -0.15) is 0 Å². The average molecular weight is 537 g/mol. The number of nitrogens with one attached hydrogen (secondary N) is 2. The van der Waals surface area contributed by atoms with Crippen molar-refractivity contribution in [3.63, 3.8) is 0 Å². The fourth-order valence-electron chi connectivity index (χ4n) is 5.18. The van der Waals surface area contributed by atoms with E-state index in [1.807, 2.05) is 30.1 Å². The lowest BCUT2D eigenvalue weighted by Gasteiger charge is -2.24. The normalized spacial score (nSPS) is 14.6. The van der Waals surface area contributed by atoms with Crippen molar-refractivity contribution >= 4 is 23.0 Å². The highest BCUT2D eigenvalue weighted by atomic mass is 32.2. The lowest BCUT2D eigenvalue weighted by Crippen LogP contribution is -2.22. The Bertz CT molecular complexity index is 1640. The van der Waals surface area contributed by atoms with Gasteiger partial charge in [-0.1, -0.05) is 109 Å². The number of hydrogen-bond acceptors (Lipinski definition) is 3. The number of fused-ring (bicyclic) bond motifs is 4. The van der Waals surface area contributed by atoms with Crippen LogP contribution in [0.4, 0.5) is 5.69 Å². The van der Waals surface area contributed by atoms with E-state index < -0.39 is 0 Å². The van der Waals surface area contributed by atoms with Gasteiger partial charge in [-0.25, -0.2) is 0 Å². The highest BCUT2D eigenvalue weighted by Gasteiger charge is 2.18. The highest BCUT2D eigenvalue weighted by Crippen LogP contribution is 2.45. The van der Waals surface area contributed by atoms with Gasteiger partial charge < -0.3 is 10.6 Å². The summed E-state index contributed by atoms with van der Waals surface area (Å²) in [5.41, 5.74) is 9.49. The van der Waals surface area contributed by atoms with Gasteiger partial charge in [0.05, 0.1) is 6.04 Å². The first kappa shape index (κ1) is 25.8. The summed E-state index contributed by atoms with van der Waals surface area (Å²) in [6.45, 7) is 4.36. The molecule has 0 fully saturated rings. The predicted molar refractivity (Wildman–Crippen MR) is 171 cm³/mol. The molecule has 2 nitrogen and oxygen atoms in total. The van der Waals surface area contributed by atoms with Crippen LogP contribution >= 0.6 is 11.8 Å². The molecule has 1 heterocycles. The number of allylic oxidation sites excluding steroid dienone is 8. The Morgan fingerprint density at radius 2 is 1.68 bits per heavy atom. The van der Waals surface area contributed by atoms with Crippen LogP contribution in [-0.2, 0) is 0 Å². The number of rotatable bonds is 9. The van der Waals surface area contributed by atoms with Gasteiger partial charge in [0.1, 0.15) is 0 Å². The molecule has 40 heavy (non-hydrogen) atoms. The lowest BCUT2D eigenvalue weighted by atomic mass is 9.94. The van der Waals surface area contributed by atoms with E-state index in [0.717, 1.165) is 24.1 Å². The minimum absolute atomic E-state index is 0.0869. The molecule has 2 aliphatic rings. The number of anilines is 1.